The number of fused-ring (bicyclic) bond motifs is 1. The maximum absolute atomic E-state index is 13.4. The molecule has 9 heteroatoms. The van der Waals surface area contributed by atoms with E-state index in [1.54, 1.807) is 29.2 Å². The van der Waals surface area contributed by atoms with Gasteiger partial charge in [-0.05, 0) is 43.5 Å². The fourth-order valence-corrected chi connectivity index (χ4v) is 5.44. The van der Waals surface area contributed by atoms with E-state index in [4.69, 9.17) is 4.42 Å². The van der Waals surface area contributed by atoms with E-state index in [1.807, 2.05) is 23.1 Å². The molecule has 3 amide bonds. The van der Waals surface area contributed by atoms with Crippen LogP contribution >= 0.6 is 11.3 Å². The Bertz CT molecular complexity index is 1150. The van der Waals surface area contributed by atoms with Crippen LogP contribution in [0.25, 0.3) is 0 Å². The third-order valence-corrected chi connectivity index (χ3v) is 7.17. The van der Waals surface area contributed by atoms with Crippen molar-refractivity contribution in [1.29, 1.82) is 0 Å². The van der Waals surface area contributed by atoms with Crippen LogP contribution in [0.3, 0.4) is 0 Å². The average molecular weight is 465 g/mol. The molecule has 2 aliphatic rings. The number of nitrogens with zero attached hydrogens (tertiary/aromatic N) is 3. The number of hydrogen-bond donors (Lipinski definition) is 1. The van der Waals surface area contributed by atoms with Gasteiger partial charge in [0.1, 0.15) is 0 Å². The summed E-state index contributed by atoms with van der Waals surface area (Å²) in [5.74, 6) is -0.293. The van der Waals surface area contributed by atoms with Gasteiger partial charge >= 0.3 is 0 Å². The second-order valence-corrected chi connectivity index (χ2v) is 9.27. The predicted molar refractivity (Wildman–Crippen MR) is 123 cm³/mol. The number of thiazole rings is 1. The Morgan fingerprint density at radius 1 is 1.00 bits per heavy atom. The molecule has 8 nitrogen and oxygen atoms in total. The monoisotopic (exact) mass is 464 g/mol. The fraction of sp³-hybridized carbons (Fsp3) is 0.333. The quantitative estimate of drug-likeness (QED) is 0.639. The van der Waals surface area contributed by atoms with E-state index >= 15 is 0 Å². The molecule has 0 spiro atoms. The SMILES string of the molecule is O=C(Nc1nc2c(s1)CCCC2C(=O)N1CCN(C(=O)c2ccco2)CC1)c1ccccc1. The summed E-state index contributed by atoms with van der Waals surface area (Å²) in [4.78, 5) is 47.6. The van der Waals surface area contributed by atoms with Crippen LogP contribution in [0.15, 0.2) is 53.1 Å². The molecule has 0 bridgehead atoms. The number of aromatic nitrogens is 1. The summed E-state index contributed by atoms with van der Waals surface area (Å²) >= 11 is 1.45. The highest BCUT2D eigenvalue weighted by Crippen LogP contribution is 2.38. The van der Waals surface area contributed by atoms with Gasteiger partial charge in [0.25, 0.3) is 11.8 Å². The zero-order valence-electron chi connectivity index (χ0n) is 18.0. The van der Waals surface area contributed by atoms with Crippen LogP contribution in [-0.4, -0.2) is 58.7 Å². The van der Waals surface area contributed by atoms with Crippen molar-refractivity contribution in [3.63, 3.8) is 0 Å². The predicted octanol–water partition coefficient (Wildman–Crippen LogP) is 3.39. The number of rotatable bonds is 4. The molecule has 1 N–H and O–H groups in total. The zero-order valence-corrected chi connectivity index (χ0v) is 18.8. The summed E-state index contributed by atoms with van der Waals surface area (Å²) in [7, 11) is 0. The number of piperazine rings is 1. The maximum atomic E-state index is 13.4. The van der Waals surface area contributed by atoms with Crippen molar-refractivity contribution in [3.05, 3.63) is 70.6 Å². The smallest absolute Gasteiger partial charge is 0.289 e. The molecule has 1 atom stereocenters. The summed E-state index contributed by atoms with van der Waals surface area (Å²) in [5, 5.41) is 3.41. The molecule has 3 heterocycles. The first-order chi connectivity index (χ1) is 16.1. The third-order valence-electron chi connectivity index (χ3n) is 6.12. The van der Waals surface area contributed by atoms with E-state index in [-0.39, 0.29) is 23.6 Å². The van der Waals surface area contributed by atoms with Crippen molar-refractivity contribution in [2.75, 3.05) is 31.5 Å². The van der Waals surface area contributed by atoms with Crippen molar-refractivity contribution in [2.24, 2.45) is 0 Å². The maximum Gasteiger partial charge on any atom is 0.289 e. The van der Waals surface area contributed by atoms with E-state index in [0.29, 0.717) is 42.6 Å². The van der Waals surface area contributed by atoms with Crippen molar-refractivity contribution >= 4 is 34.2 Å². The molecule has 1 aliphatic heterocycles. The van der Waals surface area contributed by atoms with E-state index in [9.17, 15) is 14.4 Å². The zero-order chi connectivity index (χ0) is 22.8. The van der Waals surface area contributed by atoms with Gasteiger partial charge in [-0.1, -0.05) is 18.2 Å². The van der Waals surface area contributed by atoms with Gasteiger partial charge in [-0.15, -0.1) is 11.3 Å². The number of carbonyl (C=O) groups excluding carboxylic acids is 3. The Morgan fingerprint density at radius 3 is 2.48 bits per heavy atom. The molecule has 1 unspecified atom stereocenters. The lowest BCUT2D eigenvalue weighted by Crippen LogP contribution is -2.51. The molecule has 33 heavy (non-hydrogen) atoms. The first kappa shape index (κ1) is 21.4. The summed E-state index contributed by atoms with van der Waals surface area (Å²) in [6.07, 6.45) is 4.00. The molecule has 3 aromatic rings. The van der Waals surface area contributed by atoms with Crippen molar-refractivity contribution < 1.29 is 18.8 Å². The van der Waals surface area contributed by atoms with Crippen molar-refractivity contribution in [3.8, 4) is 0 Å². The van der Waals surface area contributed by atoms with E-state index in [2.05, 4.69) is 10.3 Å². The van der Waals surface area contributed by atoms with Gasteiger partial charge in [0.05, 0.1) is 17.9 Å². The largest absolute Gasteiger partial charge is 0.459 e. The van der Waals surface area contributed by atoms with Crippen molar-refractivity contribution in [1.82, 2.24) is 14.8 Å². The van der Waals surface area contributed by atoms with Gasteiger partial charge in [-0.2, -0.15) is 0 Å². The minimum Gasteiger partial charge on any atom is -0.459 e. The molecule has 5 rings (SSSR count). The molecule has 1 fully saturated rings. The van der Waals surface area contributed by atoms with Crippen LogP contribution < -0.4 is 5.32 Å². The highest BCUT2D eigenvalue weighted by Gasteiger charge is 2.35. The first-order valence-corrected chi connectivity index (χ1v) is 11.9. The topological polar surface area (TPSA) is 95.8 Å². The Balaban J connectivity index is 1.24. The lowest BCUT2D eigenvalue weighted by molar-refractivity contribution is -0.134. The van der Waals surface area contributed by atoms with Gasteiger partial charge in [-0.3, -0.25) is 19.7 Å². The highest BCUT2D eigenvalue weighted by atomic mass is 32.1. The number of carbonyl (C=O) groups is 3. The Morgan fingerprint density at radius 2 is 1.76 bits per heavy atom. The van der Waals surface area contributed by atoms with Crippen LogP contribution in [0.2, 0.25) is 0 Å². The Hall–Kier alpha value is -3.46. The van der Waals surface area contributed by atoms with Crippen LogP contribution in [0, 0.1) is 0 Å². The lowest BCUT2D eigenvalue weighted by atomic mass is 9.89. The second-order valence-electron chi connectivity index (χ2n) is 8.19. The third kappa shape index (κ3) is 4.41. The van der Waals surface area contributed by atoms with Crippen LogP contribution in [0.4, 0.5) is 5.13 Å². The molecule has 0 radical (unpaired) electrons. The molecule has 1 saturated heterocycles. The number of nitrogens with one attached hydrogen (secondary N) is 1. The van der Waals surface area contributed by atoms with Crippen LogP contribution in [0.5, 0.6) is 0 Å². The first-order valence-electron chi connectivity index (χ1n) is 11.1. The number of anilines is 1. The molecular formula is C24H24N4O4S. The van der Waals surface area contributed by atoms with Gasteiger partial charge in [0, 0.05) is 36.6 Å². The summed E-state index contributed by atoms with van der Waals surface area (Å²) in [6.45, 7) is 1.91. The number of amides is 3. The van der Waals surface area contributed by atoms with Gasteiger partial charge in [0.15, 0.2) is 10.9 Å². The van der Waals surface area contributed by atoms with E-state index in [1.165, 1.54) is 17.6 Å². The second kappa shape index (κ2) is 9.19. The van der Waals surface area contributed by atoms with Gasteiger partial charge in [0.2, 0.25) is 5.91 Å². The molecule has 0 saturated carbocycles. The van der Waals surface area contributed by atoms with Crippen LogP contribution in [0.1, 0.15) is 50.2 Å². The Kier molecular flexibility index (Phi) is 5.95. The summed E-state index contributed by atoms with van der Waals surface area (Å²) in [5.41, 5.74) is 1.36. The minimum atomic E-state index is -0.306. The summed E-state index contributed by atoms with van der Waals surface area (Å²) in [6, 6.07) is 12.4. The highest BCUT2D eigenvalue weighted by molar-refractivity contribution is 7.16. The number of hydrogen-bond acceptors (Lipinski definition) is 6. The normalized spacial score (nSPS) is 18.0. The average Bonchev–Trinajstić information content (AvgIpc) is 3.53. The lowest BCUT2D eigenvalue weighted by Gasteiger charge is -2.36. The van der Waals surface area contributed by atoms with Gasteiger partial charge < -0.3 is 14.2 Å². The van der Waals surface area contributed by atoms with E-state index in [0.717, 1.165) is 29.8 Å². The van der Waals surface area contributed by atoms with Gasteiger partial charge in [-0.25, -0.2) is 4.98 Å². The molecular weight excluding hydrogens is 440 g/mol. The fourth-order valence-electron chi connectivity index (χ4n) is 4.38. The van der Waals surface area contributed by atoms with E-state index < -0.39 is 0 Å². The summed E-state index contributed by atoms with van der Waals surface area (Å²) < 4.78 is 5.21. The number of furan rings is 1. The minimum absolute atomic E-state index is 0.0484. The van der Waals surface area contributed by atoms with Crippen LogP contribution in [-0.2, 0) is 11.2 Å². The molecule has 2 aromatic heterocycles. The van der Waals surface area contributed by atoms with Crippen molar-refractivity contribution in [2.45, 2.75) is 25.2 Å². The number of aryl methyl sites for hydroxylation is 1. The number of benzene rings is 1. The molecule has 1 aliphatic carbocycles. The molecule has 1 aromatic carbocycles. The Labute approximate surface area is 195 Å². The molecule has 170 valence electrons. The standard InChI is InChI=1S/C24H24N4O4S/c29-21(16-6-2-1-3-7-16)26-24-25-20-17(8-4-10-19(20)33-24)22(30)27-11-13-28(14-12-27)23(31)18-9-5-15-32-18/h1-3,5-7,9,15,17H,4,8,10-14H2,(H,25,26,29).